The molecular weight excluding hydrogens is 350 g/mol. The van der Waals surface area contributed by atoms with Crippen LogP contribution in [0.1, 0.15) is 48.7 Å². The number of anilines is 2. The number of thiazole rings is 1. The van der Waals surface area contributed by atoms with Crippen molar-refractivity contribution in [3.05, 3.63) is 34.8 Å². The number of carbonyl (C=O) groups is 1. The molecule has 1 aromatic carbocycles. The van der Waals surface area contributed by atoms with Crippen LogP contribution in [0.15, 0.2) is 23.6 Å². The van der Waals surface area contributed by atoms with E-state index < -0.39 is 12.4 Å². The van der Waals surface area contributed by atoms with Crippen LogP contribution in [-0.4, -0.2) is 29.7 Å². The van der Waals surface area contributed by atoms with Crippen LogP contribution in [0, 0.1) is 0 Å². The number of hydrogen-bond donors (Lipinski definition) is 1. The first-order valence-electron chi connectivity index (χ1n) is 7.91. The van der Waals surface area contributed by atoms with Crippen molar-refractivity contribution >= 4 is 28.1 Å². The van der Waals surface area contributed by atoms with Gasteiger partial charge in [0.25, 0.3) is 6.43 Å². The Morgan fingerprint density at radius 2 is 2.16 bits per heavy atom. The number of aromatic carboxylic acids is 1. The van der Waals surface area contributed by atoms with Crippen LogP contribution >= 0.6 is 11.3 Å². The summed E-state index contributed by atoms with van der Waals surface area (Å²) in [5.41, 5.74) is 0.232. The minimum Gasteiger partial charge on any atom is -0.493 e. The van der Waals surface area contributed by atoms with Crippen molar-refractivity contribution in [1.82, 2.24) is 4.98 Å². The Bertz CT molecular complexity index is 722. The van der Waals surface area contributed by atoms with Crippen LogP contribution in [0.25, 0.3) is 0 Å². The predicted octanol–water partition coefficient (Wildman–Crippen LogP) is 5.12. The van der Waals surface area contributed by atoms with E-state index in [0.29, 0.717) is 17.4 Å². The summed E-state index contributed by atoms with van der Waals surface area (Å²) in [4.78, 5) is 16.5. The lowest BCUT2D eigenvalue weighted by Crippen LogP contribution is -2.11. The third-order valence-corrected chi connectivity index (χ3v) is 4.54. The number of carboxylic acids is 1. The Labute approximate surface area is 148 Å². The van der Waals surface area contributed by atoms with E-state index in [1.165, 1.54) is 17.5 Å². The topological polar surface area (TPSA) is 62.7 Å². The average molecular weight is 370 g/mol. The molecular formula is C17H20F2N2O3S. The maximum Gasteiger partial charge on any atom is 0.355 e. The van der Waals surface area contributed by atoms with Gasteiger partial charge in [-0.25, -0.2) is 18.6 Å². The Morgan fingerprint density at radius 1 is 1.40 bits per heavy atom. The molecule has 1 aromatic heterocycles. The van der Waals surface area contributed by atoms with E-state index in [-0.39, 0.29) is 17.0 Å². The lowest BCUT2D eigenvalue weighted by Gasteiger charge is -2.19. The number of aromatic nitrogens is 1. The molecule has 5 nitrogen and oxygen atoms in total. The molecule has 0 aliphatic rings. The molecule has 1 heterocycles. The third kappa shape index (κ3) is 4.88. The van der Waals surface area contributed by atoms with E-state index in [0.717, 1.165) is 30.6 Å². The monoisotopic (exact) mass is 370 g/mol. The van der Waals surface area contributed by atoms with Crippen LogP contribution in [0.4, 0.5) is 19.6 Å². The molecule has 0 atom stereocenters. The molecule has 0 aliphatic carbocycles. The zero-order chi connectivity index (χ0) is 18.4. The highest BCUT2D eigenvalue weighted by Gasteiger charge is 2.18. The molecule has 0 fully saturated rings. The smallest absolute Gasteiger partial charge is 0.355 e. The highest BCUT2D eigenvalue weighted by molar-refractivity contribution is 7.14. The number of nitrogens with zero attached hydrogens (tertiary/aromatic N) is 2. The standard InChI is InChI=1S/C17H20F2N2O3S/c1-3-4-5-8-24-14-7-6-11(9-12(14)15(18)19)21(2)17-20-13(10-25-17)16(22)23/h6-7,9-10,15H,3-5,8H2,1-2H3,(H,22,23). The van der Waals surface area contributed by atoms with Gasteiger partial charge in [-0.15, -0.1) is 11.3 Å². The number of hydrogen-bond acceptors (Lipinski definition) is 5. The van der Waals surface area contributed by atoms with Gasteiger partial charge >= 0.3 is 5.97 Å². The maximum atomic E-state index is 13.4. The second-order valence-electron chi connectivity index (χ2n) is 5.46. The van der Waals surface area contributed by atoms with Gasteiger partial charge in [0.2, 0.25) is 0 Å². The Hall–Kier alpha value is -2.22. The van der Waals surface area contributed by atoms with Crippen LogP contribution < -0.4 is 9.64 Å². The van der Waals surface area contributed by atoms with Crippen molar-refractivity contribution < 1.29 is 23.4 Å². The minimum absolute atomic E-state index is 0.0724. The van der Waals surface area contributed by atoms with Crippen molar-refractivity contribution in [2.24, 2.45) is 0 Å². The quantitative estimate of drug-likeness (QED) is 0.621. The number of rotatable bonds is 9. The van der Waals surface area contributed by atoms with Gasteiger partial charge in [-0.05, 0) is 24.6 Å². The summed E-state index contributed by atoms with van der Waals surface area (Å²) in [7, 11) is 1.65. The van der Waals surface area contributed by atoms with Gasteiger partial charge in [0.1, 0.15) is 5.75 Å². The van der Waals surface area contributed by atoms with Crippen molar-refractivity contribution in [2.75, 3.05) is 18.6 Å². The molecule has 0 saturated heterocycles. The SMILES string of the molecule is CCCCCOc1ccc(N(C)c2nc(C(=O)O)cs2)cc1C(F)F. The Balaban J connectivity index is 2.20. The molecule has 136 valence electrons. The molecule has 2 rings (SSSR count). The number of ether oxygens (including phenoxy) is 1. The van der Waals surface area contributed by atoms with Crippen LogP contribution in [-0.2, 0) is 0 Å². The molecule has 0 bridgehead atoms. The number of unbranched alkanes of at least 4 members (excludes halogenated alkanes) is 2. The molecule has 0 spiro atoms. The summed E-state index contributed by atoms with van der Waals surface area (Å²) in [5, 5.41) is 10.8. The molecule has 0 amide bonds. The van der Waals surface area contributed by atoms with Gasteiger partial charge in [-0.1, -0.05) is 19.8 Å². The van der Waals surface area contributed by atoms with Crippen molar-refractivity contribution in [3.63, 3.8) is 0 Å². The second kappa shape index (κ2) is 8.75. The Kier molecular flexibility index (Phi) is 6.69. The number of carboxylic acid groups (broad SMARTS) is 1. The fraction of sp³-hybridized carbons (Fsp3) is 0.412. The maximum absolute atomic E-state index is 13.4. The first kappa shape index (κ1) is 19.1. The third-order valence-electron chi connectivity index (χ3n) is 3.62. The Morgan fingerprint density at radius 3 is 2.76 bits per heavy atom. The van der Waals surface area contributed by atoms with Crippen LogP contribution in [0.5, 0.6) is 5.75 Å². The summed E-state index contributed by atoms with van der Waals surface area (Å²) >= 11 is 1.13. The van der Waals surface area contributed by atoms with Gasteiger partial charge < -0.3 is 14.7 Å². The molecule has 0 unspecified atom stereocenters. The van der Waals surface area contributed by atoms with Gasteiger partial charge in [-0.3, -0.25) is 0 Å². The van der Waals surface area contributed by atoms with Gasteiger partial charge in [0.05, 0.1) is 12.2 Å². The van der Waals surface area contributed by atoms with E-state index in [4.69, 9.17) is 9.84 Å². The van der Waals surface area contributed by atoms with E-state index in [2.05, 4.69) is 11.9 Å². The average Bonchev–Trinajstić information content (AvgIpc) is 3.08. The van der Waals surface area contributed by atoms with E-state index in [1.54, 1.807) is 18.0 Å². The molecule has 8 heteroatoms. The molecule has 0 saturated carbocycles. The summed E-state index contributed by atoms with van der Waals surface area (Å²) in [6.45, 7) is 2.46. The molecule has 2 aromatic rings. The predicted molar refractivity (Wildman–Crippen MR) is 93.6 cm³/mol. The molecule has 25 heavy (non-hydrogen) atoms. The summed E-state index contributed by atoms with van der Waals surface area (Å²) in [5.74, 6) is -0.950. The first-order chi connectivity index (χ1) is 11.9. The normalized spacial score (nSPS) is 10.9. The van der Waals surface area contributed by atoms with Crippen LogP contribution in [0.2, 0.25) is 0 Å². The largest absolute Gasteiger partial charge is 0.493 e. The minimum atomic E-state index is -2.67. The van der Waals surface area contributed by atoms with Crippen molar-refractivity contribution in [3.8, 4) is 5.75 Å². The molecule has 0 aliphatic heterocycles. The van der Waals surface area contributed by atoms with Crippen molar-refractivity contribution in [2.45, 2.75) is 32.6 Å². The second-order valence-corrected chi connectivity index (χ2v) is 6.29. The number of halogens is 2. The van der Waals surface area contributed by atoms with Gasteiger partial charge in [0.15, 0.2) is 10.8 Å². The van der Waals surface area contributed by atoms with Gasteiger partial charge in [0, 0.05) is 18.1 Å². The lowest BCUT2D eigenvalue weighted by atomic mass is 10.1. The fourth-order valence-corrected chi connectivity index (χ4v) is 2.99. The summed E-state index contributed by atoms with van der Waals surface area (Å²) in [6.07, 6.45) is 0.167. The fourth-order valence-electron chi connectivity index (χ4n) is 2.21. The summed E-state index contributed by atoms with van der Waals surface area (Å²) in [6, 6.07) is 4.52. The van der Waals surface area contributed by atoms with Gasteiger partial charge in [-0.2, -0.15) is 0 Å². The highest BCUT2D eigenvalue weighted by atomic mass is 32.1. The lowest BCUT2D eigenvalue weighted by molar-refractivity contribution is 0.0691. The summed E-state index contributed by atoms with van der Waals surface area (Å²) < 4.78 is 32.2. The molecule has 0 radical (unpaired) electrons. The van der Waals surface area contributed by atoms with Crippen LogP contribution in [0.3, 0.4) is 0 Å². The zero-order valence-electron chi connectivity index (χ0n) is 14.0. The molecule has 1 N–H and O–H groups in total. The first-order valence-corrected chi connectivity index (χ1v) is 8.79. The van der Waals surface area contributed by atoms with E-state index in [1.807, 2.05) is 0 Å². The number of alkyl halides is 2. The number of benzene rings is 1. The highest BCUT2D eigenvalue weighted by Crippen LogP contribution is 2.35. The van der Waals surface area contributed by atoms with E-state index in [9.17, 15) is 13.6 Å². The van der Waals surface area contributed by atoms with E-state index >= 15 is 0 Å². The zero-order valence-corrected chi connectivity index (χ0v) is 14.9. The van der Waals surface area contributed by atoms with Crippen molar-refractivity contribution in [1.29, 1.82) is 0 Å².